The summed E-state index contributed by atoms with van der Waals surface area (Å²) in [5, 5.41) is 1.01. The third kappa shape index (κ3) is 1.39. The number of halogens is 1. The minimum absolute atomic E-state index is 0.530. The van der Waals surface area contributed by atoms with Crippen LogP contribution < -0.4 is 4.74 Å². The maximum Gasteiger partial charge on any atom is 0.258 e. The number of furan rings is 1. The lowest BCUT2D eigenvalue weighted by Gasteiger charge is -1.99. The lowest BCUT2D eigenvalue weighted by Crippen LogP contribution is -1.87. The minimum Gasteiger partial charge on any atom is -0.478 e. The van der Waals surface area contributed by atoms with Gasteiger partial charge in [0.25, 0.3) is 5.88 Å². The van der Waals surface area contributed by atoms with E-state index in [0.29, 0.717) is 11.5 Å². The Hall–Kier alpha value is -1.03. The van der Waals surface area contributed by atoms with Gasteiger partial charge in [-0.25, -0.2) is 4.98 Å². The predicted octanol–water partition coefficient (Wildman–Crippen LogP) is 3.16. The second-order valence-electron chi connectivity index (χ2n) is 2.92. The molecule has 0 bridgehead atoms. The average molecular weight is 256 g/mol. The van der Waals surface area contributed by atoms with Crippen molar-refractivity contribution in [2.75, 3.05) is 7.11 Å². The number of hydrogen-bond acceptors (Lipinski definition) is 3. The van der Waals surface area contributed by atoms with Gasteiger partial charge in [0.2, 0.25) is 0 Å². The fraction of sp³-hybridized carbons (Fsp3) is 0.300. The Bertz CT molecular complexity index is 464. The maximum atomic E-state index is 5.60. The number of hydrogen-bond donors (Lipinski definition) is 0. The van der Waals surface area contributed by atoms with Crippen LogP contribution in [0, 0.1) is 0 Å². The van der Waals surface area contributed by atoms with Gasteiger partial charge in [-0.15, -0.1) is 0 Å². The summed E-state index contributed by atoms with van der Waals surface area (Å²) in [7, 11) is 1.59. The van der Waals surface area contributed by atoms with Crippen molar-refractivity contribution < 1.29 is 9.15 Å². The molecule has 0 spiro atoms. The topological polar surface area (TPSA) is 35.3 Å². The Kier molecular flexibility index (Phi) is 2.46. The minimum atomic E-state index is 0.530. The molecule has 2 aromatic rings. The number of aromatic nitrogens is 1. The van der Waals surface area contributed by atoms with Crippen LogP contribution in [0.1, 0.15) is 12.7 Å². The van der Waals surface area contributed by atoms with E-state index in [1.165, 1.54) is 0 Å². The number of nitrogens with zero attached hydrogens (tertiary/aromatic N) is 1. The molecule has 0 aliphatic rings. The van der Waals surface area contributed by atoms with E-state index >= 15 is 0 Å². The Labute approximate surface area is 90.2 Å². The summed E-state index contributed by atoms with van der Waals surface area (Å²) in [4.78, 5) is 4.11. The van der Waals surface area contributed by atoms with E-state index in [1.807, 2.05) is 13.0 Å². The highest BCUT2D eigenvalue weighted by Gasteiger charge is 2.11. The van der Waals surface area contributed by atoms with E-state index in [4.69, 9.17) is 9.15 Å². The Balaban J connectivity index is 2.74. The molecule has 0 fully saturated rings. The van der Waals surface area contributed by atoms with Gasteiger partial charge in [-0.05, 0) is 22.0 Å². The molecule has 3 nitrogen and oxygen atoms in total. The summed E-state index contributed by atoms with van der Waals surface area (Å²) in [6, 6.07) is 2.00. The van der Waals surface area contributed by atoms with Gasteiger partial charge >= 0.3 is 0 Å². The molecule has 0 N–H and O–H groups in total. The van der Waals surface area contributed by atoms with Crippen molar-refractivity contribution >= 4 is 26.9 Å². The molecule has 0 unspecified atom stereocenters. The molecule has 74 valence electrons. The largest absolute Gasteiger partial charge is 0.478 e. The first-order valence-electron chi connectivity index (χ1n) is 4.37. The molecule has 2 rings (SSSR count). The summed E-state index contributed by atoms with van der Waals surface area (Å²) in [6.45, 7) is 2.05. The predicted molar refractivity (Wildman–Crippen MR) is 57.6 cm³/mol. The maximum absolute atomic E-state index is 5.60. The highest BCUT2D eigenvalue weighted by atomic mass is 79.9. The molecular formula is C10H10BrNO2. The van der Waals surface area contributed by atoms with Crippen LogP contribution in [0.15, 0.2) is 21.2 Å². The van der Waals surface area contributed by atoms with E-state index in [1.54, 1.807) is 13.3 Å². The zero-order chi connectivity index (χ0) is 10.1. The van der Waals surface area contributed by atoms with Gasteiger partial charge in [-0.3, -0.25) is 0 Å². The average Bonchev–Trinajstić information content (AvgIpc) is 2.63. The van der Waals surface area contributed by atoms with Crippen molar-refractivity contribution in [3.05, 3.63) is 22.5 Å². The molecule has 0 saturated carbocycles. The lowest BCUT2D eigenvalue weighted by atomic mass is 10.3. The summed E-state index contributed by atoms with van der Waals surface area (Å²) in [5.74, 6) is 1.47. The third-order valence-corrected chi connectivity index (χ3v) is 2.70. The summed E-state index contributed by atoms with van der Waals surface area (Å²) < 4.78 is 11.6. The number of rotatable bonds is 2. The molecule has 0 aliphatic heterocycles. The number of fused-ring (bicyclic) bond motifs is 1. The Morgan fingerprint density at radius 2 is 2.36 bits per heavy atom. The normalized spacial score (nSPS) is 10.8. The fourth-order valence-corrected chi connectivity index (χ4v) is 1.74. The van der Waals surface area contributed by atoms with Crippen LogP contribution in [0.3, 0.4) is 0 Å². The zero-order valence-corrected chi connectivity index (χ0v) is 9.59. The number of pyridine rings is 1. The molecule has 0 aliphatic carbocycles. The fourth-order valence-electron chi connectivity index (χ4n) is 1.34. The van der Waals surface area contributed by atoms with Gasteiger partial charge < -0.3 is 9.15 Å². The van der Waals surface area contributed by atoms with Crippen LogP contribution in [0.2, 0.25) is 0 Å². The number of methoxy groups -OCH3 is 1. The first kappa shape index (κ1) is 9.52. The molecule has 0 atom stereocenters. The van der Waals surface area contributed by atoms with Gasteiger partial charge in [0.05, 0.1) is 7.11 Å². The zero-order valence-electron chi connectivity index (χ0n) is 8.00. The standard InChI is InChI=1S/C10H10BrNO2/c1-3-6-4-7-8(11)5-12-10(13-2)9(7)14-6/h4-5H,3H2,1-2H3. The summed E-state index contributed by atoms with van der Waals surface area (Å²) >= 11 is 3.42. The molecular weight excluding hydrogens is 246 g/mol. The second-order valence-corrected chi connectivity index (χ2v) is 3.78. The van der Waals surface area contributed by atoms with Crippen molar-refractivity contribution in [2.45, 2.75) is 13.3 Å². The van der Waals surface area contributed by atoms with Gasteiger partial charge in [-0.1, -0.05) is 6.92 Å². The van der Waals surface area contributed by atoms with Crippen LogP contribution in [-0.2, 0) is 6.42 Å². The molecule has 2 aromatic heterocycles. The highest BCUT2D eigenvalue weighted by Crippen LogP contribution is 2.32. The number of aryl methyl sites for hydroxylation is 1. The van der Waals surface area contributed by atoms with Crippen LogP contribution in [0.4, 0.5) is 0 Å². The highest BCUT2D eigenvalue weighted by molar-refractivity contribution is 9.10. The smallest absolute Gasteiger partial charge is 0.258 e. The monoisotopic (exact) mass is 255 g/mol. The van der Waals surface area contributed by atoms with Crippen molar-refractivity contribution in [2.24, 2.45) is 0 Å². The quantitative estimate of drug-likeness (QED) is 0.827. The molecule has 0 amide bonds. The van der Waals surface area contributed by atoms with E-state index in [9.17, 15) is 0 Å². The first-order chi connectivity index (χ1) is 6.76. The SMILES string of the molecule is CCc1cc2c(Br)cnc(OC)c2o1. The summed E-state index contributed by atoms with van der Waals surface area (Å²) in [5.41, 5.74) is 0.707. The van der Waals surface area contributed by atoms with Crippen LogP contribution in [0.5, 0.6) is 5.88 Å². The van der Waals surface area contributed by atoms with Crippen LogP contribution in [-0.4, -0.2) is 12.1 Å². The van der Waals surface area contributed by atoms with Crippen LogP contribution in [0.25, 0.3) is 11.0 Å². The molecule has 0 radical (unpaired) electrons. The van der Waals surface area contributed by atoms with Crippen molar-refractivity contribution in [1.29, 1.82) is 0 Å². The Morgan fingerprint density at radius 1 is 1.57 bits per heavy atom. The third-order valence-electron chi connectivity index (χ3n) is 2.07. The first-order valence-corrected chi connectivity index (χ1v) is 5.16. The van der Waals surface area contributed by atoms with E-state index in [2.05, 4.69) is 20.9 Å². The lowest BCUT2D eigenvalue weighted by molar-refractivity contribution is 0.391. The van der Waals surface area contributed by atoms with Gasteiger partial charge in [-0.2, -0.15) is 0 Å². The summed E-state index contributed by atoms with van der Waals surface area (Å²) in [6.07, 6.45) is 2.58. The second kappa shape index (κ2) is 3.61. The van der Waals surface area contributed by atoms with Crippen molar-refractivity contribution in [3.8, 4) is 5.88 Å². The van der Waals surface area contributed by atoms with Gasteiger partial charge in [0, 0.05) is 22.5 Å². The molecule has 4 heteroatoms. The Morgan fingerprint density at radius 3 is 3.00 bits per heavy atom. The van der Waals surface area contributed by atoms with Gasteiger partial charge in [0.1, 0.15) is 5.76 Å². The van der Waals surface area contributed by atoms with Crippen LogP contribution >= 0.6 is 15.9 Å². The molecule has 14 heavy (non-hydrogen) atoms. The van der Waals surface area contributed by atoms with E-state index in [-0.39, 0.29) is 0 Å². The van der Waals surface area contributed by atoms with Gasteiger partial charge in [0.15, 0.2) is 5.58 Å². The molecule has 2 heterocycles. The molecule has 0 saturated heterocycles. The van der Waals surface area contributed by atoms with Crippen molar-refractivity contribution in [3.63, 3.8) is 0 Å². The van der Waals surface area contributed by atoms with Crippen molar-refractivity contribution in [1.82, 2.24) is 4.98 Å². The van der Waals surface area contributed by atoms with E-state index < -0.39 is 0 Å². The number of ether oxygens (including phenoxy) is 1. The van der Waals surface area contributed by atoms with E-state index in [0.717, 1.165) is 22.0 Å². The molecule has 0 aromatic carbocycles.